The lowest BCUT2D eigenvalue weighted by Gasteiger charge is -2.06. The van der Waals surface area contributed by atoms with E-state index < -0.39 is 0 Å². The highest BCUT2D eigenvalue weighted by molar-refractivity contribution is 5.94. The number of benzene rings is 2. The van der Waals surface area contributed by atoms with Gasteiger partial charge >= 0.3 is 0 Å². The van der Waals surface area contributed by atoms with Gasteiger partial charge in [0.2, 0.25) is 0 Å². The molecule has 0 spiro atoms. The number of nitrogens with zero attached hydrogens (tertiary/aromatic N) is 1. The first kappa shape index (κ1) is 11.7. The minimum absolute atomic E-state index is 0.852. The summed E-state index contributed by atoms with van der Waals surface area (Å²) in [6, 6.07) is 16.3. The Labute approximate surface area is 112 Å². The lowest BCUT2D eigenvalue weighted by molar-refractivity contribution is 0.415. The number of hydrogen-bond acceptors (Lipinski definition) is 2. The summed E-state index contributed by atoms with van der Waals surface area (Å²) in [5.41, 5.74) is 3.34. The molecule has 0 saturated carbocycles. The van der Waals surface area contributed by atoms with Crippen LogP contribution < -0.4 is 10.1 Å². The van der Waals surface area contributed by atoms with Gasteiger partial charge in [0.25, 0.3) is 0 Å². The molecule has 0 aliphatic rings. The third-order valence-electron chi connectivity index (χ3n) is 3.25. The topological polar surface area (TPSA) is 26.2 Å². The first-order chi connectivity index (χ1) is 9.28. The zero-order valence-corrected chi connectivity index (χ0v) is 11.1. The number of aromatic nitrogens is 1. The Bertz CT molecular complexity index is 716. The Morgan fingerprint density at radius 2 is 1.89 bits per heavy atom. The smallest absolute Gasteiger partial charge is 0.120 e. The van der Waals surface area contributed by atoms with Crippen LogP contribution in [0.15, 0.2) is 54.7 Å². The van der Waals surface area contributed by atoms with Crippen LogP contribution in [0, 0.1) is 0 Å². The summed E-state index contributed by atoms with van der Waals surface area (Å²) >= 11 is 0. The highest BCUT2D eigenvalue weighted by Gasteiger charge is 2.06. The zero-order valence-electron chi connectivity index (χ0n) is 11.1. The first-order valence-corrected chi connectivity index (χ1v) is 6.23. The maximum Gasteiger partial charge on any atom is 0.120 e. The Balaban J connectivity index is 2.01. The van der Waals surface area contributed by atoms with Crippen molar-refractivity contribution in [1.82, 2.24) is 4.57 Å². The van der Waals surface area contributed by atoms with Crippen molar-refractivity contribution in [1.29, 1.82) is 0 Å². The first-order valence-electron chi connectivity index (χ1n) is 6.23. The van der Waals surface area contributed by atoms with Gasteiger partial charge in [-0.05, 0) is 18.2 Å². The number of aryl methyl sites for hydroxylation is 1. The molecule has 0 saturated heterocycles. The average molecular weight is 252 g/mol. The molecule has 1 aromatic heterocycles. The fourth-order valence-electron chi connectivity index (χ4n) is 2.30. The number of rotatable bonds is 3. The van der Waals surface area contributed by atoms with Crippen LogP contribution >= 0.6 is 0 Å². The fourth-order valence-corrected chi connectivity index (χ4v) is 2.30. The molecule has 3 aromatic rings. The molecule has 1 heterocycles. The predicted molar refractivity (Wildman–Crippen MR) is 79.2 cm³/mol. The summed E-state index contributed by atoms with van der Waals surface area (Å²) in [5, 5.41) is 4.66. The zero-order chi connectivity index (χ0) is 13.2. The third kappa shape index (κ3) is 2.15. The Morgan fingerprint density at radius 3 is 2.74 bits per heavy atom. The van der Waals surface area contributed by atoms with Crippen LogP contribution in [-0.2, 0) is 7.05 Å². The van der Waals surface area contributed by atoms with E-state index in [2.05, 4.69) is 47.4 Å². The molecule has 1 N–H and O–H groups in total. The molecule has 0 aliphatic carbocycles. The SMILES string of the molecule is COc1cccc(Nc2cn(C)c3ccccc23)c1. The second-order valence-electron chi connectivity index (χ2n) is 4.53. The van der Waals surface area contributed by atoms with Gasteiger partial charge < -0.3 is 14.6 Å². The number of fused-ring (bicyclic) bond motifs is 1. The monoisotopic (exact) mass is 252 g/mol. The van der Waals surface area contributed by atoms with Crippen LogP contribution in [0.3, 0.4) is 0 Å². The molecule has 19 heavy (non-hydrogen) atoms. The second kappa shape index (κ2) is 4.69. The van der Waals surface area contributed by atoms with Crippen LogP contribution in [-0.4, -0.2) is 11.7 Å². The van der Waals surface area contributed by atoms with Crippen molar-refractivity contribution in [2.24, 2.45) is 7.05 Å². The van der Waals surface area contributed by atoms with Crippen LogP contribution in [0.25, 0.3) is 10.9 Å². The van der Waals surface area contributed by atoms with Crippen LogP contribution in [0.2, 0.25) is 0 Å². The molecule has 3 rings (SSSR count). The minimum Gasteiger partial charge on any atom is -0.497 e. The van der Waals surface area contributed by atoms with Crippen molar-refractivity contribution < 1.29 is 4.74 Å². The van der Waals surface area contributed by atoms with Crippen molar-refractivity contribution in [3.63, 3.8) is 0 Å². The van der Waals surface area contributed by atoms with E-state index in [-0.39, 0.29) is 0 Å². The molecule has 0 aliphatic heterocycles. The van der Waals surface area contributed by atoms with Crippen molar-refractivity contribution in [3.05, 3.63) is 54.7 Å². The van der Waals surface area contributed by atoms with E-state index in [4.69, 9.17) is 4.74 Å². The molecular formula is C16H16N2O. The molecule has 96 valence electrons. The average Bonchev–Trinajstić information content (AvgIpc) is 2.76. The highest BCUT2D eigenvalue weighted by Crippen LogP contribution is 2.29. The molecule has 3 nitrogen and oxygen atoms in total. The molecule has 0 unspecified atom stereocenters. The fraction of sp³-hybridized carbons (Fsp3) is 0.125. The van der Waals surface area contributed by atoms with Crippen LogP contribution in [0.4, 0.5) is 11.4 Å². The number of hydrogen-bond donors (Lipinski definition) is 1. The molecule has 0 radical (unpaired) electrons. The van der Waals surface area contributed by atoms with Gasteiger partial charge in [-0.15, -0.1) is 0 Å². The summed E-state index contributed by atoms with van der Waals surface area (Å²) in [7, 11) is 3.73. The number of anilines is 2. The molecule has 0 bridgehead atoms. The van der Waals surface area contributed by atoms with E-state index in [1.165, 1.54) is 10.9 Å². The second-order valence-corrected chi connectivity index (χ2v) is 4.53. The van der Waals surface area contributed by atoms with E-state index in [0.29, 0.717) is 0 Å². The van der Waals surface area contributed by atoms with Gasteiger partial charge in [-0.25, -0.2) is 0 Å². The van der Waals surface area contributed by atoms with Gasteiger partial charge in [-0.1, -0.05) is 24.3 Å². The lowest BCUT2D eigenvalue weighted by Crippen LogP contribution is -1.90. The molecule has 0 amide bonds. The van der Waals surface area contributed by atoms with Gasteiger partial charge in [-0.2, -0.15) is 0 Å². The molecular weight excluding hydrogens is 236 g/mol. The van der Waals surface area contributed by atoms with E-state index in [1.807, 2.05) is 24.3 Å². The van der Waals surface area contributed by atoms with Crippen molar-refractivity contribution in [2.45, 2.75) is 0 Å². The van der Waals surface area contributed by atoms with Gasteiger partial charge in [0.1, 0.15) is 5.75 Å². The summed E-state index contributed by atoms with van der Waals surface area (Å²) < 4.78 is 7.36. The van der Waals surface area contributed by atoms with Crippen molar-refractivity contribution >= 4 is 22.3 Å². The molecule has 0 fully saturated rings. The van der Waals surface area contributed by atoms with Crippen LogP contribution in [0.5, 0.6) is 5.75 Å². The van der Waals surface area contributed by atoms with E-state index in [0.717, 1.165) is 17.1 Å². The summed E-state index contributed by atoms with van der Waals surface area (Å²) in [4.78, 5) is 0. The summed E-state index contributed by atoms with van der Waals surface area (Å²) in [6.07, 6.45) is 2.10. The molecule has 3 heteroatoms. The molecule has 2 aromatic carbocycles. The van der Waals surface area contributed by atoms with Gasteiger partial charge in [0.05, 0.1) is 12.8 Å². The van der Waals surface area contributed by atoms with Gasteiger partial charge in [-0.3, -0.25) is 0 Å². The third-order valence-corrected chi connectivity index (χ3v) is 3.25. The number of methoxy groups -OCH3 is 1. The maximum absolute atomic E-state index is 5.24. The summed E-state index contributed by atoms with van der Waals surface area (Å²) in [6.45, 7) is 0. The Hall–Kier alpha value is -2.42. The van der Waals surface area contributed by atoms with Crippen LogP contribution in [0.1, 0.15) is 0 Å². The normalized spacial score (nSPS) is 10.6. The maximum atomic E-state index is 5.24. The van der Waals surface area contributed by atoms with E-state index in [1.54, 1.807) is 7.11 Å². The summed E-state index contributed by atoms with van der Waals surface area (Å²) in [5.74, 6) is 0.852. The molecule has 0 atom stereocenters. The van der Waals surface area contributed by atoms with Crippen molar-refractivity contribution in [2.75, 3.05) is 12.4 Å². The Kier molecular flexibility index (Phi) is 2.88. The van der Waals surface area contributed by atoms with E-state index >= 15 is 0 Å². The van der Waals surface area contributed by atoms with E-state index in [9.17, 15) is 0 Å². The number of nitrogens with one attached hydrogen (secondary N) is 1. The number of para-hydroxylation sites is 1. The predicted octanol–water partition coefficient (Wildman–Crippen LogP) is 3.93. The van der Waals surface area contributed by atoms with Gasteiger partial charge in [0, 0.05) is 35.9 Å². The highest BCUT2D eigenvalue weighted by atomic mass is 16.5. The lowest BCUT2D eigenvalue weighted by atomic mass is 10.2. The number of ether oxygens (including phenoxy) is 1. The van der Waals surface area contributed by atoms with Crippen molar-refractivity contribution in [3.8, 4) is 5.75 Å². The Morgan fingerprint density at radius 1 is 1.05 bits per heavy atom. The standard InChI is InChI=1S/C16H16N2O/c1-18-11-15(14-8-3-4-9-16(14)18)17-12-6-5-7-13(10-12)19-2/h3-11,17H,1-2H3. The largest absolute Gasteiger partial charge is 0.497 e. The van der Waals surface area contributed by atoms with Gasteiger partial charge in [0.15, 0.2) is 0 Å². The minimum atomic E-state index is 0.852. The quantitative estimate of drug-likeness (QED) is 0.764.